The molecule has 0 N–H and O–H groups in total. The molecule has 4 heterocycles. The number of amides is 1. The molecule has 1 fully saturated rings. The van der Waals surface area contributed by atoms with Crippen LogP contribution in [0.3, 0.4) is 0 Å². The van der Waals surface area contributed by atoms with Crippen molar-refractivity contribution < 1.29 is 4.79 Å². The normalized spacial score (nSPS) is 15.5. The molecule has 2 aromatic carbocycles. The number of para-hydroxylation sites is 2. The van der Waals surface area contributed by atoms with Gasteiger partial charge in [-0.2, -0.15) is 9.67 Å². The zero-order chi connectivity index (χ0) is 29.5. The van der Waals surface area contributed by atoms with Gasteiger partial charge < -0.3 is 9.80 Å². The van der Waals surface area contributed by atoms with E-state index in [9.17, 15) is 9.59 Å². The van der Waals surface area contributed by atoms with E-state index in [0.29, 0.717) is 52.8 Å². The Morgan fingerprint density at radius 1 is 1.05 bits per heavy atom. The second-order valence-electron chi connectivity index (χ2n) is 10.4. The minimum atomic E-state index is -0.436. The number of anilines is 1. The van der Waals surface area contributed by atoms with Crippen LogP contribution in [0, 0.1) is 0 Å². The van der Waals surface area contributed by atoms with Crippen molar-refractivity contribution in [1.29, 1.82) is 0 Å². The molecule has 0 unspecified atom stereocenters. The first-order valence-corrected chi connectivity index (χ1v) is 14.5. The van der Waals surface area contributed by atoms with Crippen LogP contribution in [0.5, 0.6) is 0 Å². The SMILES string of the molecule is C=CC(=O)N1CCN(c2nc(=O)n(-c3c(CC)cccc3CC)c3nc(-n4nnc5ccccc54)c(Cl)cc23)[C@@H](C)C1. The van der Waals surface area contributed by atoms with E-state index in [0.717, 1.165) is 35.2 Å². The van der Waals surface area contributed by atoms with Crippen molar-refractivity contribution in [3.8, 4) is 11.5 Å². The lowest BCUT2D eigenvalue weighted by Crippen LogP contribution is -2.54. The fourth-order valence-electron chi connectivity index (χ4n) is 5.79. The summed E-state index contributed by atoms with van der Waals surface area (Å²) in [6.07, 6.45) is 2.78. The Hall–Kier alpha value is -4.57. The van der Waals surface area contributed by atoms with Gasteiger partial charge in [-0.25, -0.2) is 14.3 Å². The van der Waals surface area contributed by atoms with E-state index in [-0.39, 0.29) is 11.9 Å². The Bertz CT molecular complexity index is 1890. The third-order valence-electron chi connectivity index (χ3n) is 7.91. The van der Waals surface area contributed by atoms with Gasteiger partial charge in [0.25, 0.3) is 0 Å². The smallest absolute Gasteiger partial charge is 0.350 e. The third-order valence-corrected chi connectivity index (χ3v) is 8.19. The molecule has 0 radical (unpaired) electrons. The van der Waals surface area contributed by atoms with Crippen LogP contribution in [0.1, 0.15) is 31.9 Å². The summed E-state index contributed by atoms with van der Waals surface area (Å²) in [4.78, 5) is 39.9. The molecule has 0 bridgehead atoms. The fraction of sp³-hybridized carbons (Fsp3) is 0.290. The van der Waals surface area contributed by atoms with E-state index >= 15 is 0 Å². The van der Waals surface area contributed by atoms with E-state index in [2.05, 4.69) is 40.6 Å². The van der Waals surface area contributed by atoms with Gasteiger partial charge in [0, 0.05) is 25.7 Å². The highest BCUT2D eigenvalue weighted by Gasteiger charge is 2.30. The predicted octanol–water partition coefficient (Wildman–Crippen LogP) is 4.52. The van der Waals surface area contributed by atoms with Crippen LogP contribution in [0.15, 0.2) is 66.0 Å². The largest absolute Gasteiger partial charge is 0.355 e. The van der Waals surface area contributed by atoms with Gasteiger partial charge in [0.2, 0.25) is 5.91 Å². The lowest BCUT2D eigenvalue weighted by atomic mass is 10.0. The van der Waals surface area contributed by atoms with Gasteiger partial charge in [-0.1, -0.05) is 67.6 Å². The molecular weight excluding hydrogens is 552 g/mol. The summed E-state index contributed by atoms with van der Waals surface area (Å²) < 4.78 is 3.21. The molecule has 0 saturated carbocycles. The number of carbonyl (C=O) groups is 1. The van der Waals surface area contributed by atoms with E-state index in [1.165, 1.54) is 6.08 Å². The minimum absolute atomic E-state index is 0.111. The number of pyridine rings is 1. The molecule has 1 saturated heterocycles. The summed E-state index contributed by atoms with van der Waals surface area (Å²) in [5, 5.41) is 9.61. The van der Waals surface area contributed by atoms with Crippen LogP contribution in [0.25, 0.3) is 33.6 Å². The van der Waals surface area contributed by atoms with Crippen LogP contribution in [0.4, 0.5) is 5.82 Å². The maximum atomic E-state index is 14.1. The first kappa shape index (κ1) is 27.6. The number of nitrogens with zero attached hydrogens (tertiary/aromatic N) is 8. The van der Waals surface area contributed by atoms with Gasteiger partial charge in [0.15, 0.2) is 11.5 Å². The van der Waals surface area contributed by atoms with Crippen molar-refractivity contribution in [1.82, 2.24) is 34.4 Å². The zero-order valence-electron chi connectivity index (χ0n) is 23.8. The average molecular weight is 583 g/mol. The summed E-state index contributed by atoms with van der Waals surface area (Å²) in [5.74, 6) is 0.734. The molecule has 1 aliphatic rings. The molecule has 0 spiro atoms. The molecule has 1 atom stereocenters. The second kappa shape index (κ2) is 11.0. The molecule has 5 aromatic rings. The predicted molar refractivity (Wildman–Crippen MR) is 165 cm³/mol. The van der Waals surface area contributed by atoms with Crippen molar-refractivity contribution in [3.63, 3.8) is 0 Å². The lowest BCUT2D eigenvalue weighted by Gasteiger charge is -2.40. The molecule has 42 heavy (non-hydrogen) atoms. The van der Waals surface area contributed by atoms with E-state index in [4.69, 9.17) is 16.6 Å². The van der Waals surface area contributed by atoms with Crippen LogP contribution in [0.2, 0.25) is 5.02 Å². The number of piperazine rings is 1. The monoisotopic (exact) mass is 582 g/mol. The van der Waals surface area contributed by atoms with Gasteiger partial charge >= 0.3 is 5.69 Å². The third kappa shape index (κ3) is 4.52. The van der Waals surface area contributed by atoms with Gasteiger partial charge in [0.05, 0.1) is 21.6 Å². The number of aryl methyl sites for hydroxylation is 2. The number of hydrogen-bond acceptors (Lipinski definition) is 7. The van der Waals surface area contributed by atoms with Crippen LogP contribution >= 0.6 is 11.6 Å². The highest BCUT2D eigenvalue weighted by molar-refractivity contribution is 6.33. The Morgan fingerprint density at radius 3 is 2.48 bits per heavy atom. The Labute approximate surface area is 247 Å². The van der Waals surface area contributed by atoms with Crippen molar-refractivity contribution in [2.45, 2.75) is 39.7 Å². The maximum Gasteiger partial charge on any atom is 0.355 e. The molecule has 1 aliphatic heterocycles. The highest BCUT2D eigenvalue weighted by Crippen LogP contribution is 2.33. The van der Waals surface area contributed by atoms with Crippen molar-refractivity contribution in [3.05, 3.63) is 87.8 Å². The quantitative estimate of drug-likeness (QED) is 0.271. The summed E-state index contributed by atoms with van der Waals surface area (Å²) in [5.41, 5.74) is 4.26. The highest BCUT2D eigenvalue weighted by atomic mass is 35.5. The molecule has 214 valence electrons. The number of aromatic nitrogens is 6. The van der Waals surface area contributed by atoms with Crippen LogP contribution in [-0.2, 0) is 17.6 Å². The van der Waals surface area contributed by atoms with Gasteiger partial charge in [0.1, 0.15) is 11.3 Å². The standard InChI is InChI=1S/C31H31ClN8O2/c1-5-20-11-10-12-21(6-2)27(20)39-29-22(17-23(32)30(33-29)40-25-14-9-8-13-24(25)35-36-40)28(34-31(39)42)38-16-15-37(18-19(38)4)26(41)7-3/h7-14,17,19H,3,5-6,15-16,18H2,1-2,4H3/t19-/m0/s1. The Balaban J connectivity index is 1.64. The summed E-state index contributed by atoms with van der Waals surface area (Å²) in [6, 6.07) is 15.3. The molecule has 6 rings (SSSR count). The van der Waals surface area contributed by atoms with E-state index < -0.39 is 5.69 Å². The summed E-state index contributed by atoms with van der Waals surface area (Å²) in [7, 11) is 0. The molecule has 1 amide bonds. The Morgan fingerprint density at radius 2 is 1.79 bits per heavy atom. The van der Waals surface area contributed by atoms with Crippen molar-refractivity contribution >= 4 is 45.4 Å². The van der Waals surface area contributed by atoms with Crippen LogP contribution in [-0.4, -0.2) is 66.0 Å². The summed E-state index contributed by atoms with van der Waals surface area (Å²) in [6.45, 7) is 11.2. The van der Waals surface area contributed by atoms with E-state index in [1.807, 2.05) is 55.5 Å². The Kier molecular flexibility index (Phi) is 7.24. The molecule has 10 nitrogen and oxygen atoms in total. The average Bonchev–Trinajstić information content (AvgIpc) is 3.44. The van der Waals surface area contributed by atoms with Gasteiger partial charge in [-0.15, -0.1) is 5.10 Å². The molecular formula is C31H31ClN8O2. The number of fused-ring (bicyclic) bond motifs is 2. The number of halogens is 1. The minimum Gasteiger partial charge on any atom is -0.350 e. The zero-order valence-corrected chi connectivity index (χ0v) is 24.5. The maximum absolute atomic E-state index is 14.1. The lowest BCUT2D eigenvalue weighted by molar-refractivity contribution is -0.126. The summed E-state index contributed by atoms with van der Waals surface area (Å²) >= 11 is 6.93. The molecule has 0 aliphatic carbocycles. The van der Waals surface area contributed by atoms with Crippen LogP contribution < -0.4 is 10.6 Å². The topological polar surface area (TPSA) is 102 Å². The fourth-order valence-corrected chi connectivity index (χ4v) is 6.03. The first-order valence-electron chi connectivity index (χ1n) is 14.1. The van der Waals surface area contributed by atoms with Gasteiger partial charge in [-0.05, 0) is 55.2 Å². The number of hydrogen-bond donors (Lipinski definition) is 0. The second-order valence-corrected chi connectivity index (χ2v) is 10.8. The number of carbonyl (C=O) groups excluding carboxylic acids is 1. The van der Waals surface area contributed by atoms with Crippen molar-refractivity contribution in [2.75, 3.05) is 24.5 Å². The number of rotatable bonds is 6. The molecule has 3 aromatic heterocycles. The van der Waals surface area contributed by atoms with Crippen molar-refractivity contribution in [2.24, 2.45) is 0 Å². The first-order chi connectivity index (χ1) is 20.4. The molecule has 11 heteroatoms. The van der Waals surface area contributed by atoms with E-state index in [1.54, 1.807) is 14.1 Å². The van der Waals surface area contributed by atoms with Gasteiger partial charge in [-0.3, -0.25) is 4.79 Å². The number of benzene rings is 2.